The Bertz CT molecular complexity index is 490. The largest absolute Gasteiger partial charge is 0.490 e. The van der Waals surface area contributed by atoms with E-state index in [9.17, 15) is 5.11 Å². The molecule has 2 rings (SSSR count). The van der Waals surface area contributed by atoms with E-state index < -0.39 is 0 Å². The Labute approximate surface area is 143 Å². The van der Waals surface area contributed by atoms with Gasteiger partial charge in [0.2, 0.25) is 0 Å². The first kappa shape index (κ1) is 18.5. The van der Waals surface area contributed by atoms with Crippen molar-refractivity contribution in [1.82, 2.24) is 15.6 Å². The highest BCUT2D eigenvalue weighted by molar-refractivity contribution is 5.79. The van der Waals surface area contributed by atoms with Crippen LogP contribution in [-0.4, -0.2) is 62.1 Å². The van der Waals surface area contributed by atoms with E-state index in [0.717, 1.165) is 37.7 Å². The van der Waals surface area contributed by atoms with Gasteiger partial charge in [-0.3, -0.25) is 9.98 Å². The van der Waals surface area contributed by atoms with Crippen LogP contribution in [0, 0.1) is 5.41 Å². The van der Waals surface area contributed by atoms with Crippen LogP contribution >= 0.6 is 0 Å². The zero-order chi connectivity index (χ0) is 17.1. The van der Waals surface area contributed by atoms with Gasteiger partial charge >= 0.3 is 0 Å². The van der Waals surface area contributed by atoms with Crippen LogP contribution < -0.4 is 15.4 Å². The summed E-state index contributed by atoms with van der Waals surface area (Å²) in [5.41, 5.74) is -0.0384. The number of pyridine rings is 1. The molecule has 0 saturated carbocycles. The normalized spacial score (nSPS) is 20.8. The molecule has 0 bridgehead atoms. The first-order chi connectivity index (χ1) is 11.8. The van der Waals surface area contributed by atoms with Crippen molar-refractivity contribution < 1.29 is 14.6 Å². The predicted octanol–water partition coefficient (Wildman–Crippen LogP) is 0.805. The van der Waals surface area contributed by atoms with Gasteiger partial charge in [0.15, 0.2) is 5.96 Å². The quantitative estimate of drug-likeness (QED) is 0.351. The van der Waals surface area contributed by atoms with Crippen LogP contribution in [0.15, 0.2) is 29.5 Å². The average Bonchev–Trinajstić information content (AvgIpc) is 3.06. The summed E-state index contributed by atoms with van der Waals surface area (Å²) in [4.78, 5) is 8.68. The topological polar surface area (TPSA) is 88.0 Å². The number of aliphatic imine (C=N–C) groups is 1. The van der Waals surface area contributed by atoms with Gasteiger partial charge < -0.3 is 25.2 Å². The summed E-state index contributed by atoms with van der Waals surface area (Å²) in [5, 5.41) is 15.8. The molecule has 3 N–H and O–H groups in total. The van der Waals surface area contributed by atoms with Crippen molar-refractivity contribution in [2.45, 2.75) is 19.8 Å². The van der Waals surface area contributed by atoms with Crippen LogP contribution in [0.4, 0.5) is 0 Å². The molecule has 1 aromatic rings. The van der Waals surface area contributed by atoms with E-state index in [2.05, 4.69) is 20.6 Å². The van der Waals surface area contributed by atoms with E-state index in [1.54, 1.807) is 12.4 Å². The number of aliphatic hydroxyl groups is 1. The Morgan fingerprint density at radius 3 is 3.08 bits per heavy atom. The third-order valence-electron chi connectivity index (χ3n) is 4.04. The van der Waals surface area contributed by atoms with Crippen molar-refractivity contribution in [3.63, 3.8) is 0 Å². The molecule has 0 aliphatic carbocycles. The van der Waals surface area contributed by atoms with Gasteiger partial charge in [-0.05, 0) is 31.9 Å². The highest BCUT2D eigenvalue weighted by Crippen LogP contribution is 2.32. The third kappa shape index (κ3) is 5.98. The van der Waals surface area contributed by atoms with E-state index in [1.807, 2.05) is 19.1 Å². The number of rotatable bonds is 9. The van der Waals surface area contributed by atoms with Crippen molar-refractivity contribution >= 4 is 5.96 Å². The lowest BCUT2D eigenvalue weighted by Gasteiger charge is -2.24. The summed E-state index contributed by atoms with van der Waals surface area (Å²) >= 11 is 0. The molecule has 1 atom stereocenters. The van der Waals surface area contributed by atoms with Gasteiger partial charge in [0.1, 0.15) is 12.4 Å². The molecule has 24 heavy (non-hydrogen) atoms. The molecule has 1 saturated heterocycles. The van der Waals surface area contributed by atoms with Crippen LogP contribution in [-0.2, 0) is 4.74 Å². The Kier molecular flexibility index (Phi) is 7.77. The smallest absolute Gasteiger partial charge is 0.191 e. The maximum atomic E-state index is 9.29. The number of hydrogen-bond donors (Lipinski definition) is 3. The highest BCUT2D eigenvalue weighted by Gasteiger charge is 2.34. The van der Waals surface area contributed by atoms with Crippen molar-refractivity contribution in [1.29, 1.82) is 0 Å². The molecule has 1 aliphatic rings. The molecule has 2 heterocycles. The Balaban J connectivity index is 1.79. The minimum atomic E-state index is -0.0384. The van der Waals surface area contributed by atoms with Gasteiger partial charge in [-0.25, -0.2) is 0 Å². The standard InChI is InChI=1S/C17H28N4O3/c1-2-19-16(20-8-11-24-15-4-3-7-18-12-15)21-13-17(5-9-22)6-10-23-14-17/h3-4,7,12,22H,2,5-6,8-11,13-14H2,1H3,(H2,19,20,21). The van der Waals surface area contributed by atoms with Crippen LogP contribution in [0.25, 0.3) is 0 Å². The molecule has 0 radical (unpaired) electrons. The van der Waals surface area contributed by atoms with Crippen molar-refractivity contribution in [3.8, 4) is 5.75 Å². The zero-order valence-electron chi connectivity index (χ0n) is 14.3. The van der Waals surface area contributed by atoms with Crippen LogP contribution in [0.3, 0.4) is 0 Å². The molecule has 7 nitrogen and oxygen atoms in total. The predicted molar refractivity (Wildman–Crippen MR) is 93.3 cm³/mol. The fourth-order valence-corrected chi connectivity index (χ4v) is 2.65. The third-order valence-corrected chi connectivity index (χ3v) is 4.04. The maximum Gasteiger partial charge on any atom is 0.191 e. The minimum Gasteiger partial charge on any atom is -0.490 e. The lowest BCUT2D eigenvalue weighted by atomic mass is 9.84. The van der Waals surface area contributed by atoms with Crippen molar-refractivity contribution in [2.24, 2.45) is 10.4 Å². The van der Waals surface area contributed by atoms with Crippen LogP contribution in [0.2, 0.25) is 0 Å². The SMILES string of the molecule is CCNC(=NCC1(CCO)CCOC1)NCCOc1cccnc1. The average molecular weight is 336 g/mol. The highest BCUT2D eigenvalue weighted by atomic mass is 16.5. The molecule has 1 unspecified atom stereocenters. The molecule has 1 aliphatic heterocycles. The number of nitrogens with one attached hydrogen (secondary N) is 2. The zero-order valence-corrected chi connectivity index (χ0v) is 14.3. The van der Waals surface area contributed by atoms with Crippen LogP contribution in [0.1, 0.15) is 19.8 Å². The summed E-state index contributed by atoms with van der Waals surface area (Å²) in [7, 11) is 0. The van der Waals surface area contributed by atoms with E-state index in [0.29, 0.717) is 26.3 Å². The fourth-order valence-electron chi connectivity index (χ4n) is 2.65. The van der Waals surface area contributed by atoms with Crippen LogP contribution in [0.5, 0.6) is 5.75 Å². The van der Waals surface area contributed by atoms with E-state index in [4.69, 9.17) is 9.47 Å². The molecule has 1 fully saturated rings. The summed E-state index contributed by atoms with van der Waals surface area (Å²) in [6.45, 7) is 6.22. The molecular formula is C17H28N4O3. The van der Waals surface area contributed by atoms with Gasteiger partial charge in [0, 0.05) is 31.4 Å². The minimum absolute atomic E-state index is 0.0384. The molecule has 7 heteroatoms. The van der Waals surface area contributed by atoms with E-state index >= 15 is 0 Å². The number of hydrogen-bond acceptors (Lipinski definition) is 5. The number of guanidine groups is 1. The second-order valence-electron chi connectivity index (χ2n) is 5.94. The van der Waals surface area contributed by atoms with Gasteiger partial charge in [-0.2, -0.15) is 0 Å². The second kappa shape index (κ2) is 10.1. The first-order valence-corrected chi connectivity index (χ1v) is 8.52. The van der Waals surface area contributed by atoms with E-state index in [1.165, 1.54) is 0 Å². The summed E-state index contributed by atoms with van der Waals surface area (Å²) in [6, 6.07) is 3.73. The lowest BCUT2D eigenvalue weighted by Crippen LogP contribution is -2.40. The molecule has 134 valence electrons. The van der Waals surface area contributed by atoms with Crippen molar-refractivity contribution in [2.75, 3.05) is 46.1 Å². The molecule has 1 aromatic heterocycles. The van der Waals surface area contributed by atoms with Crippen molar-refractivity contribution in [3.05, 3.63) is 24.5 Å². The Hall–Kier alpha value is -1.86. The monoisotopic (exact) mass is 336 g/mol. The fraction of sp³-hybridized carbons (Fsp3) is 0.647. The van der Waals surface area contributed by atoms with Gasteiger partial charge in [-0.1, -0.05) is 0 Å². The first-order valence-electron chi connectivity index (χ1n) is 8.52. The number of nitrogens with zero attached hydrogens (tertiary/aromatic N) is 2. The Morgan fingerprint density at radius 1 is 1.50 bits per heavy atom. The van der Waals surface area contributed by atoms with Gasteiger partial charge in [-0.15, -0.1) is 0 Å². The molecular weight excluding hydrogens is 308 g/mol. The lowest BCUT2D eigenvalue weighted by molar-refractivity contribution is 0.131. The second-order valence-corrected chi connectivity index (χ2v) is 5.94. The molecule has 0 spiro atoms. The number of aliphatic hydroxyl groups excluding tert-OH is 1. The van der Waals surface area contributed by atoms with Gasteiger partial charge in [0.05, 0.1) is 25.9 Å². The molecule has 0 amide bonds. The summed E-state index contributed by atoms with van der Waals surface area (Å²) < 4.78 is 11.1. The van der Waals surface area contributed by atoms with Gasteiger partial charge in [0.25, 0.3) is 0 Å². The summed E-state index contributed by atoms with van der Waals surface area (Å²) in [6.07, 6.45) is 5.08. The maximum absolute atomic E-state index is 9.29. The van der Waals surface area contributed by atoms with E-state index in [-0.39, 0.29) is 12.0 Å². The number of ether oxygens (including phenoxy) is 2. The Morgan fingerprint density at radius 2 is 2.42 bits per heavy atom. The summed E-state index contributed by atoms with van der Waals surface area (Å²) in [5.74, 6) is 1.52. The number of aromatic nitrogens is 1. The molecule has 0 aromatic carbocycles.